The largest absolute Gasteiger partial charge is 0.487 e. The van der Waals surface area contributed by atoms with E-state index in [-0.39, 0.29) is 11.4 Å². The minimum Gasteiger partial charge on any atom is -0.487 e. The van der Waals surface area contributed by atoms with Crippen molar-refractivity contribution in [3.8, 4) is 5.75 Å². The van der Waals surface area contributed by atoms with Crippen LogP contribution in [0.25, 0.3) is 0 Å². The van der Waals surface area contributed by atoms with Gasteiger partial charge in [-0.25, -0.2) is 12.7 Å². The summed E-state index contributed by atoms with van der Waals surface area (Å²) in [5.74, 6) is 1.15. The number of rotatable bonds is 8. The summed E-state index contributed by atoms with van der Waals surface area (Å²) in [6, 6.07) is 6.33. The van der Waals surface area contributed by atoms with E-state index in [1.165, 1.54) is 15.4 Å². The lowest BCUT2D eigenvalue weighted by molar-refractivity contribution is 0.138. The fraction of sp³-hybridized carbons (Fsp3) is 0.647. The van der Waals surface area contributed by atoms with Crippen LogP contribution in [0.5, 0.6) is 5.75 Å². The first-order valence-electron chi connectivity index (χ1n) is 8.19. The maximum Gasteiger partial charge on any atom is 0.213 e. The highest BCUT2D eigenvalue weighted by Crippen LogP contribution is 2.35. The van der Waals surface area contributed by atoms with E-state index in [4.69, 9.17) is 4.74 Å². The predicted octanol–water partition coefficient (Wildman–Crippen LogP) is 2.16. The maximum atomic E-state index is 11.6. The Bertz CT molecular complexity index is 641. The Hall–Kier alpha value is -1.11. The number of hydrogen-bond acceptors (Lipinski definition) is 4. The molecule has 1 N–H and O–H groups in total. The predicted molar refractivity (Wildman–Crippen MR) is 93.3 cm³/mol. The molecule has 0 radical (unpaired) electrons. The summed E-state index contributed by atoms with van der Waals surface area (Å²) in [6.45, 7) is 8.01. The van der Waals surface area contributed by atoms with E-state index < -0.39 is 10.0 Å². The third kappa shape index (κ3) is 4.93. The van der Waals surface area contributed by atoms with Gasteiger partial charge >= 0.3 is 0 Å². The minimum absolute atomic E-state index is 0.107. The fourth-order valence-electron chi connectivity index (χ4n) is 2.79. The average Bonchev–Trinajstić information content (AvgIpc) is 2.79. The van der Waals surface area contributed by atoms with Gasteiger partial charge in [-0.2, -0.15) is 0 Å². The van der Waals surface area contributed by atoms with E-state index >= 15 is 0 Å². The second-order valence-electron chi connectivity index (χ2n) is 6.73. The smallest absolute Gasteiger partial charge is 0.213 e. The topological polar surface area (TPSA) is 58.6 Å². The van der Waals surface area contributed by atoms with Gasteiger partial charge in [0.1, 0.15) is 11.4 Å². The lowest BCUT2D eigenvalue weighted by Gasteiger charge is -2.16. The second kappa shape index (κ2) is 7.20. The lowest BCUT2D eigenvalue weighted by Crippen LogP contribution is -2.31. The van der Waals surface area contributed by atoms with Gasteiger partial charge in [-0.1, -0.05) is 12.1 Å². The molecule has 0 fully saturated rings. The molecular formula is C17H28N2O3S. The van der Waals surface area contributed by atoms with Crippen LogP contribution in [-0.2, 0) is 23.0 Å². The van der Waals surface area contributed by atoms with Crippen LogP contribution in [0.15, 0.2) is 18.2 Å². The molecule has 0 aromatic heterocycles. The molecule has 1 aliphatic heterocycles. The number of fused-ring (bicyclic) bond motifs is 1. The molecule has 0 saturated carbocycles. The molecule has 6 heteroatoms. The number of hydrogen-bond donors (Lipinski definition) is 1. The van der Waals surface area contributed by atoms with Gasteiger partial charge in [-0.05, 0) is 50.9 Å². The third-order valence-electron chi connectivity index (χ3n) is 4.12. The van der Waals surface area contributed by atoms with Gasteiger partial charge in [-0.3, -0.25) is 0 Å². The number of nitrogens with one attached hydrogen (secondary N) is 1. The zero-order valence-electron chi connectivity index (χ0n) is 14.6. The number of sulfonamides is 1. The minimum atomic E-state index is -3.06. The highest BCUT2D eigenvalue weighted by atomic mass is 32.2. The van der Waals surface area contributed by atoms with E-state index in [9.17, 15) is 8.42 Å². The number of benzene rings is 1. The first kappa shape index (κ1) is 18.2. The van der Waals surface area contributed by atoms with Crippen molar-refractivity contribution in [1.82, 2.24) is 9.62 Å². The van der Waals surface area contributed by atoms with Gasteiger partial charge in [0, 0.05) is 26.6 Å². The molecule has 5 nitrogen and oxygen atoms in total. The first-order valence-corrected chi connectivity index (χ1v) is 9.80. The van der Waals surface area contributed by atoms with Gasteiger partial charge in [0.2, 0.25) is 10.0 Å². The SMILES string of the molecule is CCS(=O)(=O)N(C)CCCNCc1ccc2c(c1)CC(C)(C)O2. The Morgan fingerprint density at radius 3 is 2.78 bits per heavy atom. The van der Waals surface area contributed by atoms with Crippen molar-refractivity contribution in [2.45, 2.75) is 45.8 Å². The van der Waals surface area contributed by atoms with Crippen molar-refractivity contribution in [2.75, 3.05) is 25.9 Å². The van der Waals surface area contributed by atoms with Crippen LogP contribution < -0.4 is 10.1 Å². The normalized spacial score (nSPS) is 16.4. The zero-order chi connectivity index (χ0) is 17.1. The summed E-state index contributed by atoms with van der Waals surface area (Å²) in [6.07, 6.45) is 1.74. The van der Waals surface area contributed by atoms with E-state index in [1.54, 1.807) is 14.0 Å². The van der Waals surface area contributed by atoms with Crippen molar-refractivity contribution in [2.24, 2.45) is 0 Å². The molecule has 0 bridgehead atoms. The van der Waals surface area contributed by atoms with Crippen molar-refractivity contribution < 1.29 is 13.2 Å². The lowest BCUT2D eigenvalue weighted by atomic mass is 10.0. The van der Waals surface area contributed by atoms with Crippen LogP contribution in [-0.4, -0.2) is 44.2 Å². The fourth-order valence-corrected chi connectivity index (χ4v) is 3.64. The highest BCUT2D eigenvalue weighted by molar-refractivity contribution is 7.89. The molecule has 0 unspecified atom stereocenters. The molecular weight excluding hydrogens is 312 g/mol. The van der Waals surface area contributed by atoms with Crippen molar-refractivity contribution in [1.29, 1.82) is 0 Å². The van der Waals surface area contributed by atoms with Crippen LogP contribution >= 0.6 is 0 Å². The van der Waals surface area contributed by atoms with Crippen molar-refractivity contribution in [3.63, 3.8) is 0 Å². The van der Waals surface area contributed by atoms with E-state index in [0.717, 1.165) is 31.7 Å². The van der Waals surface area contributed by atoms with Crippen molar-refractivity contribution in [3.05, 3.63) is 29.3 Å². The van der Waals surface area contributed by atoms with Gasteiger partial charge in [0.15, 0.2) is 0 Å². The number of nitrogens with zero attached hydrogens (tertiary/aromatic N) is 1. The molecule has 0 saturated heterocycles. The summed E-state index contributed by atoms with van der Waals surface area (Å²) in [5.41, 5.74) is 2.40. The van der Waals surface area contributed by atoms with E-state index in [2.05, 4.69) is 31.3 Å². The van der Waals surface area contributed by atoms with Gasteiger partial charge in [-0.15, -0.1) is 0 Å². The second-order valence-corrected chi connectivity index (χ2v) is 9.10. The Labute approximate surface area is 140 Å². The van der Waals surface area contributed by atoms with E-state index in [0.29, 0.717) is 6.54 Å². The molecule has 1 heterocycles. The molecule has 0 amide bonds. The van der Waals surface area contributed by atoms with Gasteiger partial charge in [0.25, 0.3) is 0 Å². The Morgan fingerprint density at radius 1 is 1.35 bits per heavy atom. The molecule has 130 valence electrons. The average molecular weight is 340 g/mol. The molecule has 1 aliphatic rings. The zero-order valence-corrected chi connectivity index (χ0v) is 15.4. The van der Waals surface area contributed by atoms with Gasteiger partial charge < -0.3 is 10.1 Å². The summed E-state index contributed by atoms with van der Waals surface area (Å²) < 4.78 is 30.6. The van der Waals surface area contributed by atoms with E-state index in [1.807, 2.05) is 6.07 Å². The Kier molecular flexibility index (Phi) is 5.70. The molecule has 0 spiro atoms. The Morgan fingerprint density at radius 2 is 2.09 bits per heavy atom. The molecule has 0 atom stereocenters. The first-order chi connectivity index (χ1) is 10.7. The molecule has 0 aliphatic carbocycles. The highest BCUT2D eigenvalue weighted by Gasteiger charge is 2.29. The Balaban J connectivity index is 1.74. The summed E-state index contributed by atoms with van der Waals surface area (Å²) in [5, 5.41) is 3.38. The standard InChI is InChI=1S/C17H28N2O3S/c1-5-23(20,21)19(4)10-6-9-18-13-14-7-8-16-15(11-14)12-17(2,3)22-16/h7-8,11,18H,5-6,9-10,12-13H2,1-4H3. The molecule has 2 rings (SSSR count). The number of ether oxygens (including phenoxy) is 1. The summed E-state index contributed by atoms with van der Waals surface area (Å²) in [7, 11) is -1.42. The molecule has 23 heavy (non-hydrogen) atoms. The van der Waals surface area contributed by atoms with Crippen LogP contribution in [0.3, 0.4) is 0 Å². The summed E-state index contributed by atoms with van der Waals surface area (Å²) in [4.78, 5) is 0. The molecule has 1 aromatic rings. The maximum absolute atomic E-state index is 11.6. The van der Waals surface area contributed by atoms with Crippen LogP contribution in [0.1, 0.15) is 38.3 Å². The van der Waals surface area contributed by atoms with Gasteiger partial charge in [0.05, 0.1) is 5.75 Å². The van der Waals surface area contributed by atoms with Crippen molar-refractivity contribution >= 4 is 10.0 Å². The third-order valence-corrected chi connectivity index (χ3v) is 5.98. The monoisotopic (exact) mass is 340 g/mol. The van der Waals surface area contributed by atoms with Crippen LogP contribution in [0.2, 0.25) is 0 Å². The van der Waals surface area contributed by atoms with Crippen LogP contribution in [0.4, 0.5) is 0 Å². The summed E-state index contributed by atoms with van der Waals surface area (Å²) >= 11 is 0. The molecule has 1 aromatic carbocycles. The van der Waals surface area contributed by atoms with Crippen LogP contribution in [0, 0.1) is 0 Å². The quantitative estimate of drug-likeness (QED) is 0.737.